The molecule has 0 spiro atoms. The first-order valence-electron chi connectivity index (χ1n) is 11.9. The highest BCUT2D eigenvalue weighted by Crippen LogP contribution is 2.40. The second kappa shape index (κ2) is 9.86. The van der Waals surface area contributed by atoms with Gasteiger partial charge in [-0.1, -0.05) is 27.2 Å². The number of aromatic amines is 1. The fourth-order valence-electron chi connectivity index (χ4n) is 4.83. The number of ether oxygens (including phenoxy) is 2. The van der Waals surface area contributed by atoms with E-state index < -0.39 is 0 Å². The number of fused-ring (bicyclic) bond motifs is 1. The normalized spacial score (nSPS) is 15.0. The molecule has 0 amide bonds. The zero-order chi connectivity index (χ0) is 22.7. The molecule has 5 heteroatoms. The number of aromatic nitrogens is 1. The van der Waals surface area contributed by atoms with Gasteiger partial charge in [-0.15, -0.1) is 0 Å². The van der Waals surface area contributed by atoms with Crippen LogP contribution in [0, 0.1) is 0 Å². The van der Waals surface area contributed by atoms with Crippen molar-refractivity contribution >= 4 is 16.6 Å². The van der Waals surface area contributed by atoms with Crippen LogP contribution in [0.25, 0.3) is 22.2 Å². The monoisotopic (exact) mass is 435 g/mol. The van der Waals surface area contributed by atoms with E-state index in [0.29, 0.717) is 5.92 Å². The second-order valence-electron chi connectivity index (χ2n) is 9.05. The van der Waals surface area contributed by atoms with Crippen LogP contribution in [-0.4, -0.2) is 56.8 Å². The van der Waals surface area contributed by atoms with E-state index in [0.717, 1.165) is 48.9 Å². The average Bonchev–Trinajstić information content (AvgIpc) is 3.21. The number of unbranched alkanes of at least 4 members (excludes halogenated alkanes) is 1. The predicted molar refractivity (Wildman–Crippen MR) is 134 cm³/mol. The number of nitrogens with zero attached hydrogens (tertiary/aromatic N) is 2. The van der Waals surface area contributed by atoms with E-state index in [-0.39, 0.29) is 0 Å². The summed E-state index contributed by atoms with van der Waals surface area (Å²) in [4.78, 5) is 8.83. The molecule has 0 saturated carbocycles. The molecule has 1 saturated heterocycles. The number of piperazine rings is 1. The number of methoxy groups -OCH3 is 2. The van der Waals surface area contributed by atoms with Crippen molar-refractivity contribution < 1.29 is 9.47 Å². The summed E-state index contributed by atoms with van der Waals surface area (Å²) >= 11 is 0. The van der Waals surface area contributed by atoms with Gasteiger partial charge in [-0.05, 0) is 60.8 Å². The van der Waals surface area contributed by atoms with Crippen LogP contribution in [0.5, 0.6) is 11.5 Å². The van der Waals surface area contributed by atoms with Gasteiger partial charge in [-0.25, -0.2) is 0 Å². The van der Waals surface area contributed by atoms with Crippen molar-refractivity contribution in [3.8, 4) is 22.8 Å². The maximum absolute atomic E-state index is 5.55. The van der Waals surface area contributed by atoms with Crippen molar-refractivity contribution in [1.29, 1.82) is 0 Å². The summed E-state index contributed by atoms with van der Waals surface area (Å²) in [6, 6.07) is 13.0. The lowest BCUT2D eigenvalue weighted by atomic mass is 9.95. The van der Waals surface area contributed by atoms with Crippen molar-refractivity contribution in [2.24, 2.45) is 0 Å². The number of H-pyrrole nitrogens is 1. The summed E-state index contributed by atoms with van der Waals surface area (Å²) < 4.78 is 11.0. The van der Waals surface area contributed by atoms with Crippen LogP contribution >= 0.6 is 0 Å². The highest BCUT2D eigenvalue weighted by Gasteiger charge is 2.21. The summed E-state index contributed by atoms with van der Waals surface area (Å²) in [5.74, 6) is 1.90. The molecule has 0 unspecified atom stereocenters. The van der Waals surface area contributed by atoms with Crippen molar-refractivity contribution in [3.63, 3.8) is 0 Å². The Balaban J connectivity index is 1.67. The molecule has 0 aliphatic carbocycles. The molecular formula is C27H37N3O2. The summed E-state index contributed by atoms with van der Waals surface area (Å²) in [6.45, 7) is 12.5. The lowest BCUT2D eigenvalue weighted by Crippen LogP contribution is -2.46. The molecule has 3 aromatic rings. The largest absolute Gasteiger partial charge is 0.493 e. The fourth-order valence-corrected chi connectivity index (χ4v) is 4.83. The lowest BCUT2D eigenvalue weighted by molar-refractivity contribution is 0.254. The zero-order valence-electron chi connectivity index (χ0n) is 20.2. The van der Waals surface area contributed by atoms with E-state index in [1.807, 2.05) is 6.07 Å². The van der Waals surface area contributed by atoms with Crippen molar-refractivity contribution in [3.05, 3.63) is 42.0 Å². The van der Waals surface area contributed by atoms with Gasteiger partial charge in [-0.2, -0.15) is 0 Å². The fraction of sp³-hybridized carbons (Fsp3) is 0.481. The van der Waals surface area contributed by atoms with Gasteiger partial charge in [0.1, 0.15) is 0 Å². The smallest absolute Gasteiger partial charge is 0.161 e. The number of rotatable bonds is 8. The average molecular weight is 436 g/mol. The third-order valence-electron chi connectivity index (χ3n) is 6.64. The van der Waals surface area contributed by atoms with Crippen molar-refractivity contribution in [2.45, 2.75) is 39.5 Å². The molecule has 0 radical (unpaired) electrons. The molecule has 1 aromatic heterocycles. The van der Waals surface area contributed by atoms with E-state index >= 15 is 0 Å². The number of hydrogen-bond donors (Lipinski definition) is 1. The maximum atomic E-state index is 5.55. The topological polar surface area (TPSA) is 40.7 Å². The van der Waals surface area contributed by atoms with Gasteiger partial charge in [0.25, 0.3) is 0 Å². The zero-order valence-corrected chi connectivity index (χ0v) is 20.2. The van der Waals surface area contributed by atoms with Gasteiger partial charge in [0.05, 0.1) is 19.9 Å². The quantitative estimate of drug-likeness (QED) is 0.478. The molecule has 1 fully saturated rings. The summed E-state index contributed by atoms with van der Waals surface area (Å²) in [5.41, 5.74) is 6.15. The minimum atomic E-state index is 0.396. The Kier molecular flexibility index (Phi) is 6.95. The Bertz CT molecular complexity index is 1050. The van der Waals surface area contributed by atoms with Crippen LogP contribution in [0.3, 0.4) is 0 Å². The third kappa shape index (κ3) is 4.44. The minimum absolute atomic E-state index is 0.396. The molecule has 1 aliphatic rings. The molecule has 0 bridgehead atoms. The second-order valence-corrected chi connectivity index (χ2v) is 9.05. The Labute approximate surface area is 192 Å². The molecule has 172 valence electrons. The van der Waals surface area contributed by atoms with Gasteiger partial charge in [0, 0.05) is 48.3 Å². The van der Waals surface area contributed by atoms with Crippen LogP contribution in [0.4, 0.5) is 5.69 Å². The first kappa shape index (κ1) is 22.5. The molecule has 1 N–H and O–H groups in total. The standard InChI is InChI=1S/C27H37N3O2/c1-6-7-12-29-13-15-30(16-14-29)21-9-10-23-22(18-21)26(19(2)3)27(28-23)20-8-11-24(31-4)25(17-20)32-5/h8-11,17-19,28H,6-7,12-16H2,1-5H3. The van der Waals surface area contributed by atoms with Crippen LogP contribution < -0.4 is 14.4 Å². The molecule has 2 heterocycles. The first-order valence-corrected chi connectivity index (χ1v) is 11.9. The van der Waals surface area contributed by atoms with E-state index in [9.17, 15) is 0 Å². The van der Waals surface area contributed by atoms with Crippen LogP contribution in [0.2, 0.25) is 0 Å². The third-order valence-corrected chi connectivity index (χ3v) is 6.64. The predicted octanol–water partition coefficient (Wildman–Crippen LogP) is 5.90. The van der Waals surface area contributed by atoms with Gasteiger partial charge in [0.2, 0.25) is 0 Å². The molecule has 32 heavy (non-hydrogen) atoms. The summed E-state index contributed by atoms with van der Waals surface area (Å²) in [6.07, 6.45) is 2.57. The number of nitrogens with one attached hydrogen (secondary N) is 1. The van der Waals surface area contributed by atoms with Crippen LogP contribution in [-0.2, 0) is 0 Å². The van der Waals surface area contributed by atoms with Crippen LogP contribution in [0.15, 0.2) is 36.4 Å². The van der Waals surface area contributed by atoms with Gasteiger partial charge < -0.3 is 19.4 Å². The van der Waals surface area contributed by atoms with E-state index in [2.05, 4.69) is 65.9 Å². The van der Waals surface area contributed by atoms with Crippen LogP contribution in [0.1, 0.15) is 45.1 Å². The summed E-state index contributed by atoms with van der Waals surface area (Å²) in [5, 5.41) is 1.32. The highest BCUT2D eigenvalue weighted by molar-refractivity contribution is 5.93. The lowest BCUT2D eigenvalue weighted by Gasteiger charge is -2.36. The SMILES string of the molecule is CCCCN1CCN(c2ccc3[nH]c(-c4ccc(OC)c(OC)c4)c(C(C)C)c3c2)CC1. The summed E-state index contributed by atoms with van der Waals surface area (Å²) in [7, 11) is 3.36. The minimum Gasteiger partial charge on any atom is -0.493 e. The van der Waals surface area contributed by atoms with E-state index in [4.69, 9.17) is 9.47 Å². The Hall–Kier alpha value is -2.66. The number of anilines is 1. The molecule has 4 rings (SSSR count). The van der Waals surface area contributed by atoms with E-state index in [1.165, 1.54) is 41.5 Å². The van der Waals surface area contributed by atoms with Gasteiger partial charge >= 0.3 is 0 Å². The maximum Gasteiger partial charge on any atom is 0.161 e. The van der Waals surface area contributed by atoms with E-state index in [1.54, 1.807) is 14.2 Å². The first-order chi connectivity index (χ1) is 15.5. The molecule has 5 nitrogen and oxygen atoms in total. The van der Waals surface area contributed by atoms with Gasteiger partial charge in [0.15, 0.2) is 11.5 Å². The molecular weight excluding hydrogens is 398 g/mol. The highest BCUT2D eigenvalue weighted by atomic mass is 16.5. The Morgan fingerprint density at radius 2 is 1.69 bits per heavy atom. The number of benzene rings is 2. The Morgan fingerprint density at radius 3 is 2.34 bits per heavy atom. The number of hydrogen-bond acceptors (Lipinski definition) is 4. The Morgan fingerprint density at radius 1 is 0.938 bits per heavy atom. The molecule has 2 aromatic carbocycles. The molecule has 1 aliphatic heterocycles. The molecule has 0 atom stereocenters. The van der Waals surface area contributed by atoms with Crippen molar-refractivity contribution in [2.75, 3.05) is 51.8 Å². The van der Waals surface area contributed by atoms with Crippen molar-refractivity contribution in [1.82, 2.24) is 9.88 Å². The van der Waals surface area contributed by atoms with Gasteiger partial charge in [-0.3, -0.25) is 4.90 Å².